The van der Waals surface area contributed by atoms with Gasteiger partial charge in [0.1, 0.15) is 5.71 Å². The Balaban J connectivity index is 1.88. The molecule has 1 saturated heterocycles. The van der Waals surface area contributed by atoms with Gasteiger partial charge in [-0.1, -0.05) is 19.1 Å². The number of likely N-dealkylation sites (tertiary alicyclic amines) is 1. The van der Waals surface area contributed by atoms with Crippen LogP contribution in [0.3, 0.4) is 0 Å². The van der Waals surface area contributed by atoms with Gasteiger partial charge >= 0.3 is 0 Å². The Labute approximate surface area is 172 Å². The largest absolute Gasteiger partial charge is 0.350 e. The molecule has 150 valence electrons. The Morgan fingerprint density at radius 2 is 2.25 bits per heavy atom. The van der Waals surface area contributed by atoms with Crippen molar-refractivity contribution in [3.63, 3.8) is 0 Å². The Morgan fingerprint density at radius 1 is 1.43 bits per heavy atom. The number of nitrogens with one attached hydrogen (secondary N) is 3. The van der Waals surface area contributed by atoms with Gasteiger partial charge in [0.25, 0.3) is 0 Å². The molecule has 0 bridgehead atoms. The molecule has 1 atom stereocenters. The summed E-state index contributed by atoms with van der Waals surface area (Å²) in [6.45, 7) is 9.32. The predicted molar refractivity (Wildman–Crippen MR) is 120 cm³/mol. The number of guanidine groups is 1. The fourth-order valence-electron chi connectivity index (χ4n) is 3.60. The minimum Gasteiger partial charge on any atom is -0.350 e. The lowest BCUT2D eigenvalue weighted by molar-refractivity contribution is 0.209. The summed E-state index contributed by atoms with van der Waals surface area (Å²) in [5, 5.41) is 23.8. The lowest BCUT2D eigenvalue weighted by Crippen LogP contribution is -2.52. The Bertz CT molecular complexity index is 826. The monoisotopic (exact) mass is 398 g/mol. The molecule has 6 nitrogen and oxygen atoms in total. The summed E-state index contributed by atoms with van der Waals surface area (Å²) in [4.78, 5) is 3.61. The SMILES string of the molecule is CCN1CCCC(NC2=NN=C(c3ccc(C)cc3SC)/C(=C/C(C)=N)N2)C1. The van der Waals surface area contributed by atoms with Crippen LogP contribution in [0.2, 0.25) is 0 Å². The zero-order chi connectivity index (χ0) is 20.1. The van der Waals surface area contributed by atoms with Crippen molar-refractivity contribution in [1.82, 2.24) is 15.5 Å². The highest BCUT2D eigenvalue weighted by Crippen LogP contribution is 2.25. The van der Waals surface area contributed by atoms with Gasteiger partial charge in [-0.05, 0) is 63.7 Å². The molecule has 2 heterocycles. The van der Waals surface area contributed by atoms with Gasteiger partial charge in [-0.3, -0.25) is 0 Å². The van der Waals surface area contributed by atoms with Gasteiger partial charge in [-0.15, -0.1) is 22.0 Å². The van der Waals surface area contributed by atoms with Crippen LogP contribution in [0.5, 0.6) is 0 Å². The molecule has 1 unspecified atom stereocenters. The van der Waals surface area contributed by atoms with Crippen LogP contribution in [0, 0.1) is 12.3 Å². The quantitative estimate of drug-likeness (QED) is 0.525. The van der Waals surface area contributed by atoms with E-state index >= 15 is 0 Å². The van der Waals surface area contributed by atoms with Crippen LogP contribution in [0.4, 0.5) is 0 Å². The maximum atomic E-state index is 7.94. The van der Waals surface area contributed by atoms with Crippen molar-refractivity contribution in [3.05, 3.63) is 41.1 Å². The van der Waals surface area contributed by atoms with E-state index in [-0.39, 0.29) is 0 Å². The molecule has 0 radical (unpaired) electrons. The number of rotatable bonds is 5. The second-order valence-corrected chi connectivity index (χ2v) is 8.19. The van der Waals surface area contributed by atoms with E-state index in [0.717, 1.165) is 41.4 Å². The van der Waals surface area contributed by atoms with E-state index in [4.69, 9.17) is 5.41 Å². The lowest BCUT2D eigenvalue weighted by atomic mass is 10.0. The summed E-state index contributed by atoms with van der Waals surface area (Å²) in [6.07, 6.45) is 6.21. The van der Waals surface area contributed by atoms with Crippen LogP contribution in [-0.4, -0.2) is 54.2 Å². The molecule has 3 N–H and O–H groups in total. The third kappa shape index (κ3) is 5.02. The van der Waals surface area contributed by atoms with Crippen LogP contribution >= 0.6 is 11.8 Å². The van der Waals surface area contributed by atoms with Crippen LogP contribution in [0.1, 0.15) is 37.8 Å². The first-order valence-electron chi connectivity index (χ1n) is 9.84. The first kappa shape index (κ1) is 20.6. The molecule has 28 heavy (non-hydrogen) atoms. The average molecular weight is 399 g/mol. The Hall–Kier alpha value is -2.12. The molecule has 3 rings (SSSR count). The van der Waals surface area contributed by atoms with Gasteiger partial charge in [0.15, 0.2) is 0 Å². The number of hydrogen-bond donors (Lipinski definition) is 3. The third-order valence-corrected chi connectivity index (χ3v) is 5.80. The molecule has 1 fully saturated rings. The van der Waals surface area contributed by atoms with E-state index in [0.29, 0.717) is 17.7 Å². The van der Waals surface area contributed by atoms with E-state index in [1.54, 1.807) is 18.7 Å². The molecule has 1 aromatic carbocycles. The molecule has 2 aliphatic rings. The first-order valence-corrected chi connectivity index (χ1v) is 11.1. The summed E-state index contributed by atoms with van der Waals surface area (Å²) in [5.74, 6) is 0.664. The second-order valence-electron chi connectivity index (χ2n) is 7.34. The van der Waals surface area contributed by atoms with Crippen molar-refractivity contribution in [2.75, 3.05) is 25.9 Å². The number of piperidine rings is 1. The molecule has 0 spiro atoms. The molecule has 0 saturated carbocycles. The van der Waals surface area contributed by atoms with Gasteiger partial charge < -0.3 is 20.9 Å². The van der Waals surface area contributed by atoms with Crippen molar-refractivity contribution in [2.45, 2.75) is 44.6 Å². The Kier molecular flexibility index (Phi) is 6.91. The fraction of sp³-hybridized carbons (Fsp3) is 0.476. The number of hydrogen-bond acceptors (Lipinski definition) is 7. The number of aryl methyl sites for hydroxylation is 1. The van der Waals surface area contributed by atoms with E-state index < -0.39 is 0 Å². The maximum absolute atomic E-state index is 7.94. The number of thioether (sulfide) groups is 1. The van der Waals surface area contributed by atoms with Crippen molar-refractivity contribution >= 4 is 29.1 Å². The highest BCUT2D eigenvalue weighted by atomic mass is 32.2. The van der Waals surface area contributed by atoms with Crippen molar-refractivity contribution in [1.29, 1.82) is 5.41 Å². The summed E-state index contributed by atoms with van der Waals surface area (Å²) < 4.78 is 0. The van der Waals surface area contributed by atoms with Crippen molar-refractivity contribution < 1.29 is 0 Å². The molecular weight excluding hydrogens is 368 g/mol. The molecular formula is C21H30N6S. The predicted octanol–water partition coefficient (Wildman–Crippen LogP) is 3.38. The molecule has 0 aromatic heterocycles. The third-order valence-electron chi connectivity index (χ3n) is 5.02. The zero-order valence-electron chi connectivity index (χ0n) is 17.2. The maximum Gasteiger partial charge on any atom is 0.221 e. The normalized spacial score (nSPS) is 21.7. The van der Waals surface area contributed by atoms with Gasteiger partial charge in [0.2, 0.25) is 5.96 Å². The standard InChI is InChI=1S/C21H30N6S/c1-5-27-10-6-7-16(13-27)23-21-24-18(12-15(3)22)20(25-26-21)17-9-8-14(2)11-19(17)28-4/h8-9,11-12,16,22H,5-7,10,13H2,1-4H3,(H2,23,24,26)/b18-12-,22-15?. The van der Waals surface area contributed by atoms with E-state index in [1.165, 1.54) is 18.5 Å². The van der Waals surface area contributed by atoms with Crippen LogP contribution < -0.4 is 10.6 Å². The summed E-state index contributed by atoms with van der Waals surface area (Å²) in [7, 11) is 0. The van der Waals surface area contributed by atoms with Crippen LogP contribution in [-0.2, 0) is 0 Å². The minimum atomic E-state index is 0.361. The second kappa shape index (κ2) is 9.39. The van der Waals surface area contributed by atoms with E-state index in [9.17, 15) is 0 Å². The van der Waals surface area contributed by atoms with E-state index in [1.807, 2.05) is 6.08 Å². The molecule has 0 amide bonds. The molecule has 1 aromatic rings. The summed E-state index contributed by atoms with van der Waals surface area (Å²) in [5.41, 5.74) is 4.32. The number of allylic oxidation sites excluding steroid dienone is 2. The van der Waals surface area contributed by atoms with Gasteiger partial charge in [0, 0.05) is 28.8 Å². The van der Waals surface area contributed by atoms with Gasteiger partial charge in [-0.25, -0.2) is 0 Å². The number of nitrogens with zero attached hydrogens (tertiary/aromatic N) is 3. The van der Waals surface area contributed by atoms with Crippen LogP contribution in [0.25, 0.3) is 0 Å². The van der Waals surface area contributed by atoms with Crippen molar-refractivity contribution in [2.24, 2.45) is 10.2 Å². The summed E-state index contributed by atoms with van der Waals surface area (Å²) in [6, 6.07) is 6.70. The van der Waals surface area contributed by atoms with E-state index in [2.05, 4.69) is 64.0 Å². The molecule has 2 aliphatic heterocycles. The van der Waals surface area contributed by atoms with Gasteiger partial charge in [0.05, 0.1) is 5.70 Å². The molecule has 7 heteroatoms. The molecule has 0 aliphatic carbocycles. The van der Waals surface area contributed by atoms with Crippen LogP contribution in [0.15, 0.2) is 45.1 Å². The number of benzene rings is 1. The average Bonchev–Trinajstić information content (AvgIpc) is 2.68. The highest BCUT2D eigenvalue weighted by Gasteiger charge is 2.23. The number of likely N-dealkylation sites (N-methyl/N-ethyl adjacent to an activating group) is 1. The first-order chi connectivity index (χ1) is 13.5. The van der Waals surface area contributed by atoms with Crippen molar-refractivity contribution in [3.8, 4) is 0 Å². The highest BCUT2D eigenvalue weighted by molar-refractivity contribution is 7.98. The fourth-order valence-corrected chi connectivity index (χ4v) is 4.29. The minimum absolute atomic E-state index is 0.361. The lowest BCUT2D eigenvalue weighted by Gasteiger charge is -2.33. The summed E-state index contributed by atoms with van der Waals surface area (Å²) >= 11 is 1.70. The Morgan fingerprint density at radius 3 is 2.96 bits per heavy atom. The smallest absolute Gasteiger partial charge is 0.221 e. The van der Waals surface area contributed by atoms with Gasteiger partial charge in [-0.2, -0.15) is 0 Å². The topological polar surface area (TPSA) is 75.9 Å². The zero-order valence-corrected chi connectivity index (χ0v) is 18.0.